The summed E-state index contributed by atoms with van der Waals surface area (Å²) in [5.41, 5.74) is 2.14. The molecule has 2 rings (SSSR count). The molecule has 0 saturated carbocycles. The van der Waals surface area contributed by atoms with Gasteiger partial charge in [0.2, 0.25) is 0 Å². The Balaban J connectivity index is 0.000000437. The second-order valence-electron chi connectivity index (χ2n) is 9.37. The van der Waals surface area contributed by atoms with Gasteiger partial charge in [-0.1, -0.05) is 24.3 Å². The van der Waals surface area contributed by atoms with Gasteiger partial charge in [-0.2, -0.15) is 0 Å². The normalized spacial score (nSPS) is 10.7. The number of hydrogen-bond acceptors (Lipinski definition) is 10. The summed E-state index contributed by atoms with van der Waals surface area (Å²) in [6.45, 7) is 6.09. The first-order chi connectivity index (χ1) is 20.4. The molecule has 236 valence electrons. The lowest BCUT2D eigenvalue weighted by Crippen LogP contribution is -2.28. The van der Waals surface area contributed by atoms with Crippen LogP contribution in [0.1, 0.15) is 50.7 Å². The van der Waals surface area contributed by atoms with E-state index < -0.39 is 17.9 Å². The van der Waals surface area contributed by atoms with E-state index in [9.17, 15) is 9.59 Å². The number of ether oxygens (including phenoxy) is 6. The molecule has 2 aromatic rings. The minimum absolute atomic E-state index is 0.0189. The lowest BCUT2D eigenvalue weighted by Gasteiger charge is -2.14. The van der Waals surface area contributed by atoms with Gasteiger partial charge in [0, 0.05) is 32.3 Å². The molecule has 0 bridgehead atoms. The summed E-state index contributed by atoms with van der Waals surface area (Å²) in [4.78, 5) is 23.7. The topological polar surface area (TPSA) is 130 Å². The second-order valence-corrected chi connectivity index (χ2v) is 9.37. The van der Waals surface area contributed by atoms with Crippen LogP contribution in [0.25, 0.3) is 0 Å². The zero-order chi connectivity index (χ0) is 31.0. The molecule has 0 aliphatic carbocycles. The van der Waals surface area contributed by atoms with Crippen molar-refractivity contribution in [2.24, 2.45) is 11.8 Å². The van der Waals surface area contributed by atoms with E-state index in [-0.39, 0.29) is 32.3 Å². The van der Waals surface area contributed by atoms with Crippen molar-refractivity contribution in [2.45, 2.75) is 52.7 Å². The van der Waals surface area contributed by atoms with Crippen LogP contribution < -0.4 is 9.47 Å². The van der Waals surface area contributed by atoms with Crippen LogP contribution in [-0.4, -0.2) is 76.0 Å². The highest BCUT2D eigenvalue weighted by atomic mass is 16.6. The summed E-state index contributed by atoms with van der Waals surface area (Å²) in [7, 11) is 3.26. The minimum atomic E-state index is -0.880. The number of esters is 2. The molecule has 0 saturated heterocycles. The third-order valence-corrected chi connectivity index (χ3v) is 6.20. The van der Waals surface area contributed by atoms with Crippen molar-refractivity contribution < 1.29 is 48.2 Å². The van der Waals surface area contributed by atoms with Crippen LogP contribution in [0.3, 0.4) is 0 Å². The standard InChI is InChI=1S/C18H26O6.C14H22O4/c1-4-23-17(19)16(18(20)24-5-2)7-6-12-22-13-14-8-10-15(21-3)11-9-14;1-17-14-6-4-12(5-7-14)11-18-8-2-3-13(9-15)10-16/h8-11,16H,4-7,12-13H2,1-3H3;4-7,13,15-16H,2-3,8-11H2,1H3. The largest absolute Gasteiger partial charge is 0.497 e. The minimum Gasteiger partial charge on any atom is -0.497 e. The Kier molecular flexibility index (Phi) is 20.5. The van der Waals surface area contributed by atoms with Crippen LogP contribution in [0.4, 0.5) is 0 Å². The smallest absolute Gasteiger partial charge is 0.320 e. The average molecular weight is 593 g/mol. The van der Waals surface area contributed by atoms with Crippen molar-refractivity contribution >= 4 is 11.9 Å². The van der Waals surface area contributed by atoms with Crippen molar-refractivity contribution in [1.82, 2.24) is 0 Å². The molecule has 0 atom stereocenters. The van der Waals surface area contributed by atoms with Crippen molar-refractivity contribution in [1.29, 1.82) is 0 Å². The van der Waals surface area contributed by atoms with Crippen LogP contribution in [0.2, 0.25) is 0 Å². The zero-order valence-electron chi connectivity index (χ0n) is 25.4. The van der Waals surface area contributed by atoms with Crippen molar-refractivity contribution in [3.8, 4) is 11.5 Å². The van der Waals surface area contributed by atoms with E-state index >= 15 is 0 Å². The molecule has 0 aromatic heterocycles. The average Bonchev–Trinajstić information content (AvgIpc) is 3.01. The summed E-state index contributed by atoms with van der Waals surface area (Å²) >= 11 is 0. The molecule has 2 N–H and O–H groups in total. The highest BCUT2D eigenvalue weighted by molar-refractivity contribution is 5.94. The van der Waals surface area contributed by atoms with Gasteiger partial charge < -0.3 is 38.6 Å². The fourth-order valence-corrected chi connectivity index (χ4v) is 3.75. The second kappa shape index (κ2) is 23.4. The maximum Gasteiger partial charge on any atom is 0.320 e. The Morgan fingerprint density at radius 3 is 1.43 bits per heavy atom. The molecule has 0 spiro atoms. The molecule has 10 nitrogen and oxygen atoms in total. The molecule has 0 heterocycles. The first-order valence-corrected chi connectivity index (χ1v) is 14.4. The number of benzene rings is 2. The fraction of sp³-hybridized carbons (Fsp3) is 0.562. The van der Waals surface area contributed by atoms with Gasteiger partial charge in [0.25, 0.3) is 0 Å². The van der Waals surface area contributed by atoms with E-state index in [2.05, 4.69) is 0 Å². The van der Waals surface area contributed by atoms with Crippen LogP contribution in [0.5, 0.6) is 11.5 Å². The maximum absolute atomic E-state index is 11.8. The number of carbonyl (C=O) groups is 2. The van der Waals surface area contributed by atoms with Crippen molar-refractivity contribution in [3.63, 3.8) is 0 Å². The van der Waals surface area contributed by atoms with Gasteiger partial charge in [0.1, 0.15) is 11.5 Å². The highest BCUT2D eigenvalue weighted by Crippen LogP contribution is 2.15. The molecule has 0 unspecified atom stereocenters. The van der Waals surface area contributed by atoms with E-state index in [0.29, 0.717) is 39.3 Å². The highest BCUT2D eigenvalue weighted by Gasteiger charge is 2.28. The molecule has 2 aromatic carbocycles. The summed E-state index contributed by atoms with van der Waals surface area (Å²) < 4.78 is 31.1. The van der Waals surface area contributed by atoms with Gasteiger partial charge in [-0.3, -0.25) is 9.59 Å². The number of aliphatic hydroxyl groups is 2. The van der Waals surface area contributed by atoms with Gasteiger partial charge in [-0.25, -0.2) is 0 Å². The SMILES string of the molecule is CCOC(=O)C(CCCOCc1ccc(OC)cc1)C(=O)OCC.COc1ccc(COCCCC(CO)CO)cc1. The molecule has 0 radical (unpaired) electrons. The van der Waals surface area contributed by atoms with Crippen molar-refractivity contribution in [3.05, 3.63) is 59.7 Å². The Morgan fingerprint density at radius 1 is 0.667 bits per heavy atom. The molecule has 42 heavy (non-hydrogen) atoms. The number of methoxy groups -OCH3 is 2. The maximum atomic E-state index is 11.8. The first kappa shape index (κ1) is 36.8. The zero-order valence-corrected chi connectivity index (χ0v) is 25.4. The Bertz CT molecular complexity index is 940. The number of aliphatic hydroxyl groups excluding tert-OH is 2. The van der Waals surface area contributed by atoms with E-state index in [0.717, 1.165) is 35.5 Å². The van der Waals surface area contributed by atoms with E-state index in [1.54, 1.807) is 28.1 Å². The van der Waals surface area contributed by atoms with Gasteiger partial charge >= 0.3 is 11.9 Å². The fourth-order valence-electron chi connectivity index (χ4n) is 3.75. The third-order valence-electron chi connectivity index (χ3n) is 6.20. The first-order valence-electron chi connectivity index (χ1n) is 14.4. The monoisotopic (exact) mass is 592 g/mol. The third kappa shape index (κ3) is 15.7. The van der Waals surface area contributed by atoms with Crippen LogP contribution in [0, 0.1) is 11.8 Å². The predicted molar refractivity (Wildman–Crippen MR) is 158 cm³/mol. The number of rotatable bonds is 20. The molecule has 0 aliphatic heterocycles. The van der Waals surface area contributed by atoms with Crippen LogP contribution in [-0.2, 0) is 41.8 Å². The Morgan fingerprint density at radius 2 is 1.07 bits per heavy atom. The van der Waals surface area contributed by atoms with Gasteiger partial charge in [-0.05, 0) is 74.9 Å². The summed E-state index contributed by atoms with van der Waals surface area (Å²) in [6, 6.07) is 15.4. The summed E-state index contributed by atoms with van der Waals surface area (Å²) in [5, 5.41) is 17.8. The number of hydrogen-bond donors (Lipinski definition) is 2. The Hall–Kier alpha value is -3.18. The summed E-state index contributed by atoms with van der Waals surface area (Å²) in [5.74, 6) is -0.334. The molecule has 0 amide bonds. The molecule has 0 aliphatic rings. The quantitative estimate of drug-likeness (QED) is 0.130. The number of carbonyl (C=O) groups excluding carboxylic acids is 2. The summed E-state index contributed by atoms with van der Waals surface area (Å²) in [6.07, 6.45) is 2.55. The Labute approximate surface area is 249 Å². The van der Waals surface area contributed by atoms with Crippen LogP contribution >= 0.6 is 0 Å². The van der Waals surface area contributed by atoms with E-state index in [4.69, 9.17) is 38.6 Å². The molecule has 0 fully saturated rings. The van der Waals surface area contributed by atoms with Gasteiger partial charge in [0.15, 0.2) is 5.92 Å². The van der Waals surface area contributed by atoms with E-state index in [1.165, 1.54) is 0 Å². The van der Waals surface area contributed by atoms with E-state index in [1.807, 2.05) is 48.5 Å². The van der Waals surface area contributed by atoms with Gasteiger partial charge in [0.05, 0.1) is 40.6 Å². The lowest BCUT2D eigenvalue weighted by atomic mass is 10.0. The molecular weight excluding hydrogens is 544 g/mol. The predicted octanol–water partition coefficient (Wildman–Crippen LogP) is 4.33. The van der Waals surface area contributed by atoms with Gasteiger partial charge in [-0.15, -0.1) is 0 Å². The van der Waals surface area contributed by atoms with Crippen LogP contribution in [0.15, 0.2) is 48.5 Å². The molecule has 10 heteroatoms. The van der Waals surface area contributed by atoms with Crippen molar-refractivity contribution in [2.75, 3.05) is 53.9 Å². The molecular formula is C32H48O10. The lowest BCUT2D eigenvalue weighted by molar-refractivity contribution is -0.162.